The number of allylic oxidation sites excluding steroid dienone is 4. The lowest BCUT2D eigenvalue weighted by Crippen LogP contribution is -1.99. The molecular formula is C20H18N2. The van der Waals surface area contributed by atoms with Crippen LogP contribution in [0, 0.1) is 13.8 Å². The third kappa shape index (κ3) is 3.29. The topological polar surface area (TPSA) is 24.7 Å². The zero-order chi connectivity index (χ0) is 15.4. The van der Waals surface area contributed by atoms with E-state index in [0.717, 1.165) is 22.8 Å². The fraction of sp³-hybridized carbons (Fsp3) is 0.100. The van der Waals surface area contributed by atoms with Crippen LogP contribution >= 0.6 is 0 Å². The highest BCUT2D eigenvalue weighted by Gasteiger charge is 2.02. The van der Waals surface area contributed by atoms with Crippen molar-refractivity contribution in [1.82, 2.24) is 0 Å². The number of para-hydroxylation sites is 2. The summed E-state index contributed by atoms with van der Waals surface area (Å²) < 4.78 is 0. The molecule has 0 amide bonds. The first-order valence-corrected chi connectivity index (χ1v) is 7.37. The van der Waals surface area contributed by atoms with Gasteiger partial charge in [-0.05, 0) is 61.4 Å². The molecule has 22 heavy (non-hydrogen) atoms. The second-order valence-electron chi connectivity index (χ2n) is 5.31. The van der Waals surface area contributed by atoms with Gasteiger partial charge in [-0.3, -0.25) is 0 Å². The van der Waals surface area contributed by atoms with Gasteiger partial charge in [0.05, 0.1) is 22.8 Å². The average Bonchev–Trinajstić information content (AvgIpc) is 2.54. The van der Waals surface area contributed by atoms with Crippen LogP contribution in [0.15, 0.2) is 82.8 Å². The van der Waals surface area contributed by atoms with E-state index in [1.807, 2.05) is 60.7 Å². The Bertz CT molecular complexity index is 722. The van der Waals surface area contributed by atoms with Crippen LogP contribution in [0.1, 0.15) is 11.1 Å². The lowest BCUT2D eigenvalue weighted by molar-refractivity contribution is 1.39. The average molecular weight is 286 g/mol. The van der Waals surface area contributed by atoms with Gasteiger partial charge in [-0.1, -0.05) is 36.4 Å². The summed E-state index contributed by atoms with van der Waals surface area (Å²) in [5, 5.41) is 0. The van der Waals surface area contributed by atoms with Gasteiger partial charge in [-0.25, -0.2) is 9.98 Å². The van der Waals surface area contributed by atoms with Crippen molar-refractivity contribution in [2.45, 2.75) is 13.8 Å². The Labute approximate surface area is 131 Å². The van der Waals surface area contributed by atoms with Crippen LogP contribution in [0.25, 0.3) is 0 Å². The smallest absolute Gasteiger partial charge is 0.0666 e. The van der Waals surface area contributed by atoms with Gasteiger partial charge in [0.1, 0.15) is 0 Å². The lowest BCUT2D eigenvalue weighted by Gasteiger charge is -2.05. The molecule has 108 valence electrons. The zero-order valence-corrected chi connectivity index (χ0v) is 12.8. The fourth-order valence-corrected chi connectivity index (χ4v) is 2.26. The summed E-state index contributed by atoms with van der Waals surface area (Å²) in [4.78, 5) is 9.33. The number of aliphatic imine (C=N–C) groups is 2. The van der Waals surface area contributed by atoms with Crippen molar-refractivity contribution in [1.29, 1.82) is 0 Å². The van der Waals surface area contributed by atoms with Crippen molar-refractivity contribution in [2.24, 2.45) is 9.98 Å². The van der Waals surface area contributed by atoms with Crippen molar-refractivity contribution < 1.29 is 0 Å². The van der Waals surface area contributed by atoms with Gasteiger partial charge in [0.15, 0.2) is 0 Å². The third-order valence-corrected chi connectivity index (χ3v) is 3.58. The summed E-state index contributed by atoms with van der Waals surface area (Å²) in [7, 11) is 0. The van der Waals surface area contributed by atoms with Crippen LogP contribution in [0.3, 0.4) is 0 Å². The number of hydrogen-bond acceptors (Lipinski definition) is 2. The first kappa shape index (κ1) is 14.2. The van der Waals surface area contributed by atoms with E-state index in [0.29, 0.717) is 0 Å². The van der Waals surface area contributed by atoms with Gasteiger partial charge in [0.25, 0.3) is 0 Å². The Hall–Kier alpha value is -2.74. The Morgan fingerprint density at radius 1 is 0.545 bits per heavy atom. The van der Waals surface area contributed by atoms with Gasteiger partial charge in [-0.2, -0.15) is 0 Å². The van der Waals surface area contributed by atoms with E-state index < -0.39 is 0 Å². The van der Waals surface area contributed by atoms with Crippen LogP contribution in [0.5, 0.6) is 0 Å². The van der Waals surface area contributed by atoms with E-state index in [2.05, 4.69) is 36.0 Å². The molecule has 0 unspecified atom stereocenters. The summed E-state index contributed by atoms with van der Waals surface area (Å²) in [6.45, 7) is 4.14. The van der Waals surface area contributed by atoms with Crippen LogP contribution in [-0.2, 0) is 0 Å². The summed E-state index contributed by atoms with van der Waals surface area (Å²) in [6, 6.07) is 16.3. The number of aryl methyl sites for hydroxylation is 2. The summed E-state index contributed by atoms with van der Waals surface area (Å²) in [5.74, 6) is 0. The molecule has 2 aromatic rings. The second kappa shape index (κ2) is 6.35. The normalized spacial score (nSPS) is 13.4. The molecule has 0 N–H and O–H groups in total. The van der Waals surface area contributed by atoms with Crippen LogP contribution < -0.4 is 0 Å². The molecule has 0 saturated carbocycles. The summed E-state index contributed by atoms with van der Waals surface area (Å²) in [5.41, 5.74) is 6.25. The van der Waals surface area contributed by atoms with Gasteiger partial charge >= 0.3 is 0 Å². The predicted octanol–water partition coefficient (Wildman–Crippen LogP) is 5.27. The first-order valence-electron chi connectivity index (χ1n) is 7.37. The highest BCUT2D eigenvalue weighted by molar-refractivity contribution is 6.19. The molecule has 2 nitrogen and oxygen atoms in total. The highest BCUT2D eigenvalue weighted by Crippen LogP contribution is 2.20. The molecule has 0 saturated heterocycles. The van der Waals surface area contributed by atoms with Crippen LogP contribution in [0.2, 0.25) is 0 Å². The maximum atomic E-state index is 4.66. The molecule has 0 spiro atoms. The predicted molar refractivity (Wildman–Crippen MR) is 94.8 cm³/mol. The molecule has 0 radical (unpaired) electrons. The molecule has 2 heteroatoms. The zero-order valence-electron chi connectivity index (χ0n) is 12.8. The maximum Gasteiger partial charge on any atom is 0.0666 e. The fourth-order valence-electron chi connectivity index (χ4n) is 2.26. The standard InChI is InChI=1S/C20H18N2/c1-15-7-3-5-9-19(15)21-17-11-13-18(14-12-17)22-20-10-6-4-8-16(20)2/h3-14H,1-2H3. The van der Waals surface area contributed by atoms with Gasteiger partial charge < -0.3 is 0 Å². The van der Waals surface area contributed by atoms with Crippen molar-refractivity contribution in [2.75, 3.05) is 0 Å². The number of hydrogen-bond donors (Lipinski definition) is 0. The van der Waals surface area contributed by atoms with Crippen LogP contribution in [0.4, 0.5) is 11.4 Å². The lowest BCUT2D eigenvalue weighted by atomic mass is 10.1. The Kier molecular flexibility index (Phi) is 4.10. The van der Waals surface area contributed by atoms with Gasteiger partial charge in [0.2, 0.25) is 0 Å². The molecule has 0 aromatic heterocycles. The number of benzene rings is 2. The minimum absolute atomic E-state index is 0.943. The molecule has 0 aliphatic heterocycles. The Morgan fingerprint density at radius 2 is 0.909 bits per heavy atom. The third-order valence-electron chi connectivity index (χ3n) is 3.58. The quantitative estimate of drug-likeness (QED) is 0.671. The highest BCUT2D eigenvalue weighted by atomic mass is 14.8. The molecule has 2 aromatic carbocycles. The van der Waals surface area contributed by atoms with E-state index in [-0.39, 0.29) is 0 Å². The summed E-state index contributed by atoms with van der Waals surface area (Å²) >= 11 is 0. The number of nitrogens with zero attached hydrogens (tertiary/aromatic N) is 2. The van der Waals surface area contributed by atoms with Gasteiger partial charge in [-0.15, -0.1) is 0 Å². The Balaban J connectivity index is 1.83. The second-order valence-corrected chi connectivity index (χ2v) is 5.31. The summed E-state index contributed by atoms with van der Waals surface area (Å²) in [6.07, 6.45) is 8.01. The molecule has 0 heterocycles. The van der Waals surface area contributed by atoms with E-state index >= 15 is 0 Å². The SMILES string of the molecule is Cc1ccccc1N=C1C=CC(=Nc2ccccc2C)C=C1. The molecule has 1 aliphatic carbocycles. The molecule has 3 rings (SSSR count). The minimum atomic E-state index is 0.943. The molecular weight excluding hydrogens is 268 g/mol. The van der Waals surface area contributed by atoms with Crippen molar-refractivity contribution >= 4 is 22.8 Å². The monoisotopic (exact) mass is 286 g/mol. The minimum Gasteiger partial charge on any atom is -0.249 e. The molecule has 0 fully saturated rings. The maximum absolute atomic E-state index is 4.66. The molecule has 0 bridgehead atoms. The van der Waals surface area contributed by atoms with Gasteiger partial charge in [0, 0.05) is 0 Å². The van der Waals surface area contributed by atoms with E-state index in [1.54, 1.807) is 0 Å². The van der Waals surface area contributed by atoms with Crippen molar-refractivity contribution in [3.8, 4) is 0 Å². The first-order chi connectivity index (χ1) is 10.7. The van der Waals surface area contributed by atoms with E-state index in [1.165, 1.54) is 11.1 Å². The van der Waals surface area contributed by atoms with Crippen LogP contribution in [-0.4, -0.2) is 11.4 Å². The molecule has 1 aliphatic rings. The largest absolute Gasteiger partial charge is 0.249 e. The molecule has 0 atom stereocenters. The van der Waals surface area contributed by atoms with E-state index in [9.17, 15) is 0 Å². The number of rotatable bonds is 2. The van der Waals surface area contributed by atoms with Crippen molar-refractivity contribution in [3.05, 3.63) is 84.0 Å². The van der Waals surface area contributed by atoms with Crippen molar-refractivity contribution in [3.63, 3.8) is 0 Å². The van der Waals surface area contributed by atoms with E-state index in [4.69, 9.17) is 0 Å². The Morgan fingerprint density at radius 3 is 1.27 bits per heavy atom.